The molecule has 3 rings (SSSR count). The molecule has 0 radical (unpaired) electrons. The Morgan fingerprint density at radius 3 is 2.62 bits per heavy atom. The van der Waals surface area contributed by atoms with Crippen LogP contribution in [0.5, 0.6) is 0 Å². The number of aryl methyl sites for hydroxylation is 1. The summed E-state index contributed by atoms with van der Waals surface area (Å²) in [5, 5.41) is 9.06. The van der Waals surface area contributed by atoms with Gasteiger partial charge in [-0.1, -0.05) is 11.8 Å². The zero-order chi connectivity index (χ0) is 15.0. The number of hydrogen-bond donors (Lipinski definition) is 1. The summed E-state index contributed by atoms with van der Waals surface area (Å²) < 4.78 is 0. The van der Waals surface area contributed by atoms with E-state index < -0.39 is 5.97 Å². The van der Waals surface area contributed by atoms with Gasteiger partial charge in [-0.15, -0.1) is 0 Å². The fourth-order valence-electron chi connectivity index (χ4n) is 3.71. The predicted octanol–water partition coefficient (Wildman–Crippen LogP) is 2.03. The van der Waals surface area contributed by atoms with Gasteiger partial charge in [-0.2, -0.15) is 0 Å². The average molecular weight is 284 g/mol. The normalized spacial score (nSPS) is 28.0. The van der Waals surface area contributed by atoms with Crippen LogP contribution in [0.4, 0.5) is 0 Å². The first-order chi connectivity index (χ1) is 10.0. The molecule has 21 heavy (non-hydrogen) atoms. The molecule has 4 heteroatoms. The number of aromatic nitrogens is 1. The number of carboxylic acids is 1. The number of hydrogen-bond acceptors (Lipinski definition) is 3. The molecule has 110 valence electrons. The van der Waals surface area contributed by atoms with Crippen molar-refractivity contribution in [3.63, 3.8) is 0 Å². The topological polar surface area (TPSA) is 53.4 Å². The highest BCUT2D eigenvalue weighted by Crippen LogP contribution is 2.41. The van der Waals surface area contributed by atoms with E-state index >= 15 is 0 Å². The Labute approximate surface area is 125 Å². The van der Waals surface area contributed by atoms with Crippen LogP contribution in [-0.2, 0) is 0 Å². The molecule has 1 N–H and O–H groups in total. The van der Waals surface area contributed by atoms with Crippen LogP contribution in [0, 0.1) is 36.5 Å². The van der Waals surface area contributed by atoms with E-state index in [0.717, 1.165) is 18.7 Å². The minimum atomic E-state index is -0.999. The zero-order valence-corrected chi connectivity index (χ0v) is 12.5. The Morgan fingerprint density at radius 1 is 1.33 bits per heavy atom. The number of carboxylic acid groups (broad SMARTS) is 1. The maximum Gasteiger partial charge on any atom is 0.354 e. The molecule has 2 bridgehead atoms. The molecular weight excluding hydrogens is 264 g/mol. The molecular formula is C17H20N2O2. The summed E-state index contributed by atoms with van der Waals surface area (Å²) in [7, 11) is 2.18. The smallest absolute Gasteiger partial charge is 0.354 e. The minimum absolute atomic E-state index is 0.0747. The molecule has 0 amide bonds. The van der Waals surface area contributed by atoms with Crippen molar-refractivity contribution in [3.8, 4) is 11.8 Å². The maximum atomic E-state index is 11.0. The second-order valence-corrected chi connectivity index (χ2v) is 6.30. The summed E-state index contributed by atoms with van der Waals surface area (Å²) in [6.07, 6.45) is 2.54. The highest BCUT2D eigenvalue weighted by Gasteiger charge is 2.39. The van der Waals surface area contributed by atoms with Gasteiger partial charge in [0.1, 0.15) is 5.69 Å². The van der Waals surface area contributed by atoms with Gasteiger partial charge in [0.2, 0.25) is 0 Å². The number of aromatic carboxylic acids is 1. The van der Waals surface area contributed by atoms with E-state index in [1.54, 1.807) is 13.0 Å². The Bertz CT molecular complexity index is 615. The van der Waals surface area contributed by atoms with Gasteiger partial charge >= 0.3 is 5.97 Å². The third-order valence-electron chi connectivity index (χ3n) is 4.57. The summed E-state index contributed by atoms with van der Waals surface area (Å²) in [5.74, 6) is 7.41. The Kier molecular flexibility index (Phi) is 3.69. The predicted molar refractivity (Wildman–Crippen MR) is 80.0 cm³/mol. The average Bonchev–Trinajstić information content (AvgIpc) is 2.66. The first-order valence-electron chi connectivity index (χ1n) is 7.45. The van der Waals surface area contributed by atoms with E-state index in [0.29, 0.717) is 23.4 Å². The van der Waals surface area contributed by atoms with Gasteiger partial charge in [0.15, 0.2) is 0 Å². The lowest BCUT2D eigenvalue weighted by atomic mass is 9.85. The van der Waals surface area contributed by atoms with Crippen LogP contribution in [0.1, 0.15) is 34.6 Å². The lowest BCUT2D eigenvalue weighted by Crippen LogP contribution is -2.38. The van der Waals surface area contributed by atoms with Crippen molar-refractivity contribution in [3.05, 3.63) is 29.1 Å². The Balaban J connectivity index is 1.83. The quantitative estimate of drug-likeness (QED) is 0.802. The molecule has 0 aromatic carbocycles. The second-order valence-electron chi connectivity index (χ2n) is 6.30. The van der Waals surface area contributed by atoms with Gasteiger partial charge in [0, 0.05) is 30.3 Å². The van der Waals surface area contributed by atoms with Crippen molar-refractivity contribution in [2.75, 3.05) is 20.1 Å². The fraction of sp³-hybridized carbons (Fsp3) is 0.529. The maximum absolute atomic E-state index is 11.0. The Morgan fingerprint density at radius 2 is 2.00 bits per heavy atom. The number of piperidine rings is 1. The molecule has 1 saturated heterocycles. The molecule has 2 fully saturated rings. The lowest BCUT2D eigenvalue weighted by Gasteiger charge is -2.33. The van der Waals surface area contributed by atoms with Crippen molar-refractivity contribution in [2.24, 2.45) is 17.8 Å². The number of fused-ring (bicyclic) bond motifs is 2. The van der Waals surface area contributed by atoms with Gasteiger partial charge in [0.25, 0.3) is 0 Å². The lowest BCUT2D eigenvalue weighted by molar-refractivity contribution is 0.0690. The van der Waals surface area contributed by atoms with Crippen molar-refractivity contribution in [1.82, 2.24) is 9.88 Å². The van der Waals surface area contributed by atoms with Crippen LogP contribution in [-0.4, -0.2) is 41.1 Å². The molecule has 0 spiro atoms. The van der Waals surface area contributed by atoms with Gasteiger partial charge < -0.3 is 10.0 Å². The number of likely N-dealkylation sites (tertiary alicyclic amines) is 1. The monoisotopic (exact) mass is 284 g/mol. The number of nitrogens with zero attached hydrogens (tertiary/aromatic N) is 2. The fourth-order valence-corrected chi connectivity index (χ4v) is 3.71. The van der Waals surface area contributed by atoms with Crippen LogP contribution in [0.15, 0.2) is 12.1 Å². The van der Waals surface area contributed by atoms with Crippen LogP contribution in [0.3, 0.4) is 0 Å². The minimum Gasteiger partial charge on any atom is -0.477 e. The molecule has 2 heterocycles. The molecule has 1 aliphatic heterocycles. The van der Waals surface area contributed by atoms with Crippen LogP contribution in [0.2, 0.25) is 0 Å². The molecule has 1 aromatic rings. The summed E-state index contributed by atoms with van der Waals surface area (Å²) >= 11 is 0. The largest absolute Gasteiger partial charge is 0.477 e. The highest BCUT2D eigenvalue weighted by molar-refractivity contribution is 5.85. The second kappa shape index (κ2) is 5.50. The van der Waals surface area contributed by atoms with Crippen molar-refractivity contribution in [1.29, 1.82) is 0 Å². The van der Waals surface area contributed by atoms with Gasteiger partial charge in [-0.05, 0) is 50.8 Å². The first-order valence-corrected chi connectivity index (χ1v) is 7.45. The summed E-state index contributed by atoms with van der Waals surface area (Å²) in [6.45, 7) is 4.06. The van der Waals surface area contributed by atoms with Gasteiger partial charge in [-0.3, -0.25) is 0 Å². The van der Waals surface area contributed by atoms with E-state index in [4.69, 9.17) is 5.11 Å². The van der Waals surface area contributed by atoms with E-state index in [1.165, 1.54) is 12.8 Å². The van der Waals surface area contributed by atoms with E-state index in [-0.39, 0.29) is 5.69 Å². The van der Waals surface area contributed by atoms with Crippen molar-refractivity contribution < 1.29 is 9.90 Å². The Hall–Kier alpha value is -1.86. The van der Waals surface area contributed by atoms with Gasteiger partial charge in [0.05, 0.1) is 0 Å². The number of carbonyl (C=O) groups is 1. The molecule has 1 aliphatic carbocycles. The van der Waals surface area contributed by atoms with E-state index in [2.05, 4.69) is 28.8 Å². The molecule has 2 aliphatic rings. The van der Waals surface area contributed by atoms with Crippen LogP contribution >= 0.6 is 0 Å². The third-order valence-corrected chi connectivity index (χ3v) is 4.57. The van der Waals surface area contributed by atoms with Crippen LogP contribution < -0.4 is 0 Å². The molecule has 3 atom stereocenters. The zero-order valence-electron chi connectivity index (χ0n) is 12.5. The van der Waals surface area contributed by atoms with Crippen LogP contribution in [0.25, 0.3) is 0 Å². The van der Waals surface area contributed by atoms with E-state index in [9.17, 15) is 4.79 Å². The molecule has 1 aromatic heterocycles. The third kappa shape index (κ3) is 2.93. The molecule has 1 saturated carbocycles. The first kappa shape index (κ1) is 14.1. The van der Waals surface area contributed by atoms with E-state index in [1.807, 2.05) is 6.07 Å². The SMILES string of the molecule is Cc1cc(C#CC2[C@@H]3CC[C@H]2CN(C)C3)cc(C(=O)O)n1. The number of rotatable bonds is 1. The summed E-state index contributed by atoms with van der Waals surface area (Å²) in [4.78, 5) is 17.5. The summed E-state index contributed by atoms with van der Waals surface area (Å²) in [5.41, 5.74) is 1.54. The molecule has 1 unspecified atom stereocenters. The molecule has 4 nitrogen and oxygen atoms in total. The van der Waals surface area contributed by atoms with Crippen molar-refractivity contribution in [2.45, 2.75) is 19.8 Å². The van der Waals surface area contributed by atoms with Crippen molar-refractivity contribution >= 4 is 5.97 Å². The standard InChI is InChI=1S/C17H20N2O2/c1-11-7-12(8-16(18-11)17(20)21)3-6-15-13-4-5-14(15)10-19(2)9-13/h7-8,13-15H,4-5,9-10H2,1-2H3,(H,20,21)/t13-,14+,15?. The summed E-state index contributed by atoms with van der Waals surface area (Å²) in [6, 6.07) is 3.43. The van der Waals surface area contributed by atoms with Gasteiger partial charge in [-0.25, -0.2) is 9.78 Å². The highest BCUT2D eigenvalue weighted by atomic mass is 16.4. The number of pyridine rings is 1.